The molecule has 0 aliphatic rings. The molecule has 0 aliphatic carbocycles. The molecule has 0 fully saturated rings. The van der Waals surface area contributed by atoms with Crippen LogP contribution in [0.1, 0.15) is 30.5 Å². The number of nitrogens with zero attached hydrogens (tertiary/aromatic N) is 2. The molecule has 2 aromatic rings. The Morgan fingerprint density at radius 1 is 1.30 bits per heavy atom. The average Bonchev–Trinajstić information content (AvgIpc) is 2.59. The molecule has 0 saturated heterocycles. The van der Waals surface area contributed by atoms with Crippen molar-refractivity contribution >= 4 is 17.7 Å². The second-order valence-electron chi connectivity index (χ2n) is 5.40. The first kappa shape index (κ1) is 17.5. The molecule has 3 nitrogen and oxygen atoms in total. The highest BCUT2D eigenvalue weighted by Crippen LogP contribution is 2.19. The number of pyridine rings is 1. The van der Waals surface area contributed by atoms with Gasteiger partial charge in [0.1, 0.15) is 5.82 Å². The molecule has 1 heterocycles. The second kappa shape index (κ2) is 8.67. The average molecular weight is 332 g/mol. The van der Waals surface area contributed by atoms with Gasteiger partial charge >= 0.3 is 0 Å². The Morgan fingerprint density at radius 2 is 2.04 bits per heavy atom. The summed E-state index contributed by atoms with van der Waals surface area (Å²) in [5.74, 6) is 1.43. The van der Waals surface area contributed by atoms with Gasteiger partial charge in [-0.15, -0.1) is 0 Å². The monoisotopic (exact) mass is 332 g/mol. The van der Waals surface area contributed by atoms with Crippen LogP contribution < -0.4 is 0 Å². The second-order valence-corrected chi connectivity index (χ2v) is 6.50. The summed E-state index contributed by atoms with van der Waals surface area (Å²) in [6.45, 7) is 2.00. The van der Waals surface area contributed by atoms with Crippen LogP contribution in [-0.4, -0.2) is 28.6 Å². The fourth-order valence-electron chi connectivity index (χ4n) is 2.17. The summed E-state index contributed by atoms with van der Waals surface area (Å²) in [4.78, 5) is 18.1. The molecule has 0 saturated carbocycles. The Kier molecular flexibility index (Phi) is 6.59. The van der Waals surface area contributed by atoms with Gasteiger partial charge in [0.25, 0.3) is 0 Å². The number of rotatable bonds is 7. The van der Waals surface area contributed by atoms with E-state index in [1.165, 1.54) is 12.1 Å². The SMILES string of the molecule is C[C@H](c1cccnc1)N(C)C(=O)CCSCc1ccc(F)cc1. The number of aromatic nitrogens is 1. The van der Waals surface area contributed by atoms with Crippen molar-refractivity contribution in [1.29, 1.82) is 0 Å². The largest absolute Gasteiger partial charge is 0.339 e. The Bertz CT molecular complexity index is 619. The molecule has 0 unspecified atom stereocenters. The van der Waals surface area contributed by atoms with Crippen LogP contribution in [-0.2, 0) is 10.5 Å². The number of carbonyl (C=O) groups excluding carboxylic acids is 1. The van der Waals surface area contributed by atoms with Gasteiger partial charge in [0.15, 0.2) is 0 Å². The van der Waals surface area contributed by atoms with Gasteiger partial charge in [-0.25, -0.2) is 4.39 Å². The van der Waals surface area contributed by atoms with E-state index in [4.69, 9.17) is 0 Å². The highest BCUT2D eigenvalue weighted by molar-refractivity contribution is 7.98. The van der Waals surface area contributed by atoms with Gasteiger partial charge in [-0.05, 0) is 36.2 Å². The maximum atomic E-state index is 12.8. The van der Waals surface area contributed by atoms with Crippen molar-refractivity contribution < 1.29 is 9.18 Å². The molecule has 0 radical (unpaired) electrons. The standard InChI is InChI=1S/C18H21FN2OS/c1-14(16-4-3-10-20-12-16)21(2)18(22)9-11-23-13-15-5-7-17(19)8-6-15/h3-8,10,12,14H,9,11,13H2,1-2H3/t14-/m1/s1. The molecule has 0 N–H and O–H groups in total. The predicted octanol–water partition coefficient (Wildman–Crippen LogP) is 4.06. The molecule has 1 aromatic heterocycles. The van der Waals surface area contributed by atoms with E-state index in [2.05, 4.69) is 4.98 Å². The number of thioether (sulfide) groups is 1. The molecule has 0 aliphatic heterocycles. The summed E-state index contributed by atoms with van der Waals surface area (Å²) in [6.07, 6.45) is 4.01. The van der Waals surface area contributed by atoms with Crippen LogP contribution in [0.15, 0.2) is 48.8 Å². The van der Waals surface area contributed by atoms with Crippen molar-refractivity contribution in [2.45, 2.75) is 25.1 Å². The van der Waals surface area contributed by atoms with Gasteiger partial charge in [0.2, 0.25) is 5.91 Å². The van der Waals surface area contributed by atoms with Gasteiger partial charge in [0, 0.05) is 37.4 Å². The van der Waals surface area contributed by atoms with E-state index in [9.17, 15) is 9.18 Å². The van der Waals surface area contributed by atoms with Crippen molar-refractivity contribution in [1.82, 2.24) is 9.88 Å². The van der Waals surface area contributed by atoms with E-state index in [1.807, 2.05) is 26.1 Å². The minimum atomic E-state index is -0.222. The number of benzene rings is 1. The van der Waals surface area contributed by atoms with Crippen LogP contribution in [0.3, 0.4) is 0 Å². The van der Waals surface area contributed by atoms with Crippen LogP contribution in [0.2, 0.25) is 0 Å². The van der Waals surface area contributed by atoms with Crippen molar-refractivity contribution in [3.8, 4) is 0 Å². The molecular weight excluding hydrogens is 311 g/mol. The fourth-order valence-corrected chi connectivity index (χ4v) is 3.06. The summed E-state index contributed by atoms with van der Waals surface area (Å²) in [6, 6.07) is 10.3. The fraction of sp³-hybridized carbons (Fsp3) is 0.333. The molecule has 0 spiro atoms. The van der Waals surface area contributed by atoms with Gasteiger partial charge in [-0.1, -0.05) is 18.2 Å². The highest BCUT2D eigenvalue weighted by atomic mass is 32.2. The summed E-state index contributed by atoms with van der Waals surface area (Å²) in [7, 11) is 1.82. The van der Waals surface area contributed by atoms with E-state index in [-0.39, 0.29) is 17.8 Å². The van der Waals surface area contributed by atoms with Gasteiger partial charge in [-0.2, -0.15) is 11.8 Å². The zero-order valence-corrected chi connectivity index (χ0v) is 14.2. The first-order chi connectivity index (χ1) is 11.1. The molecule has 0 bridgehead atoms. The van der Waals surface area contributed by atoms with Gasteiger partial charge in [-0.3, -0.25) is 9.78 Å². The molecule has 5 heteroatoms. The Labute approximate surface area is 140 Å². The molecule has 1 aromatic carbocycles. The molecule has 122 valence electrons. The molecular formula is C18H21FN2OS. The van der Waals surface area contributed by atoms with Crippen LogP contribution in [0.25, 0.3) is 0 Å². The first-order valence-corrected chi connectivity index (χ1v) is 8.71. The molecule has 23 heavy (non-hydrogen) atoms. The number of hydrogen-bond acceptors (Lipinski definition) is 3. The lowest BCUT2D eigenvalue weighted by molar-refractivity contribution is -0.131. The van der Waals surface area contributed by atoms with Crippen LogP contribution in [0.4, 0.5) is 4.39 Å². The Balaban J connectivity index is 1.74. The van der Waals surface area contributed by atoms with E-state index >= 15 is 0 Å². The van der Waals surface area contributed by atoms with Gasteiger partial charge < -0.3 is 4.90 Å². The van der Waals surface area contributed by atoms with Crippen molar-refractivity contribution in [2.75, 3.05) is 12.8 Å². The number of carbonyl (C=O) groups is 1. The first-order valence-electron chi connectivity index (χ1n) is 7.55. The van der Waals surface area contributed by atoms with Crippen LogP contribution >= 0.6 is 11.8 Å². The summed E-state index contributed by atoms with van der Waals surface area (Å²) in [5, 5.41) is 0. The molecule has 1 amide bonds. The maximum Gasteiger partial charge on any atom is 0.223 e. The lowest BCUT2D eigenvalue weighted by Crippen LogP contribution is -2.29. The van der Waals surface area contributed by atoms with E-state index in [0.29, 0.717) is 6.42 Å². The third kappa shape index (κ3) is 5.36. The van der Waals surface area contributed by atoms with Crippen LogP contribution in [0.5, 0.6) is 0 Å². The zero-order chi connectivity index (χ0) is 16.7. The Morgan fingerprint density at radius 3 is 2.70 bits per heavy atom. The van der Waals surface area contributed by atoms with E-state index in [1.54, 1.807) is 41.2 Å². The van der Waals surface area contributed by atoms with Crippen LogP contribution in [0, 0.1) is 5.82 Å². The Hall–Kier alpha value is -1.88. The minimum Gasteiger partial charge on any atom is -0.339 e. The highest BCUT2D eigenvalue weighted by Gasteiger charge is 2.16. The summed E-state index contributed by atoms with van der Waals surface area (Å²) >= 11 is 1.68. The minimum absolute atomic E-state index is 0.0123. The predicted molar refractivity (Wildman–Crippen MR) is 92.6 cm³/mol. The van der Waals surface area contributed by atoms with E-state index in [0.717, 1.165) is 22.6 Å². The molecule has 1 atom stereocenters. The number of hydrogen-bond donors (Lipinski definition) is 0. The number of halogens is 1. The lowest BCUT2D eigenvalue weighted by atomic mass is 10.1. The van der Waals surface area contributed by atoms with Crippen molar-refractivity contribution in [3.63, 3.8) is 0 Å². The third-order valence-corrected chi connectivity index (χ3v) is 4.81. The topological polar surface area (TPSA) is 33.2 Å². The van der Waals surface area contributed by atoms with E-state index < -0.39 is 0 Å². The lowest BCUT2D eigenvalue weighted by Gasteiger charge is -2.25. The van der Waals surface area contributed by atoms with Crippen molar-refractivity contribution in [3.05, 3.63) is 65.7 Å². The summed E-state index contributed by atoms with van der Waals surface area (Å²) in [5.41, 5.74) is 2.10. The quantitative estimate of drug-likeness (QED) is 0.717. The number of amides is 1. The zero-order valence-electron chi connectivity index (χ0n) is 13.4. The smallest absolute Gasteiger partial charge is 0.223 e. The van der Waals surface area contributed by atoms with Gasteiger partial charge in [0.05, 0.1) is 6.04 Å². The molecule has 2 rings (SSSR count). The maximum absolute atomic E-state index is 12.8. The van der Waals surface area contributed by atoms with Crippen molar-refractivity contribution in [2.24, 2.45) is 0 Å². The third-order valence-electron chi connectivity index (χ3n) is 3.78. The normalized spacial score (nSPS) is 12.0. The summed E-state index contributed by atoms with van der Waals surface area (Å²) < 4.78 is 12.8.